The second kappa shape index (κ2) is 6.53. The summed E-state index contributed by atoms with van der Waals surface area (Å²) in [5, 5.41) is 0. The van der Waals surface area contributed by atoms with Crippen LogP contribution in [-0.4, -0.2) is 61.6 Å². The zero-order valence-corrected chi connectivity index (χ0v) is 11.7. The van der Waals surface area contributed by atoms with Crippen LogP contribution < -0.4 is 0 Å². The van der Waals surface area contributed by atoms with Crippen LogP contribution in [0, 0.1) is 0 Å². The lowest BCUT2D eigenvalue weighted by Crippen LogP contribution is -2.45. The van der Waals surface area contributed by atoms with Crippen molar-refractivity contribution in [3.8, 4) is 0 Å². The van der Waals surface area contributed by atoms with Crippen LogP contribution >= 0.6 is 0 Å². The van der Waals surface area contributed by atoms with Gasteiger partial charge >= 0.3 is 5.97 Å². The van der Waals surface area contributed by atoms with Gasteiger partial charge in [0.2, 0.25) is 0 Å². The maximum Gasteiger partial charge on any atom is 0.323 e. The summed E-state index contributed by atoms with van der Waals surface area (Å²) in [5.41, 5.74) is 0. The van der Waals surface area contributed by atoms with Gasteiger partial charge in [0.15, 0.2) is 0 Å². The van der Waals surface area contributed by atoms with Gasteiger partial charge in [0.1, 0.15) is 12.6 Å². The van der Waals surface area contributed by atoms with E-state index in [-0.39, 0.29) is 12.0 Å². The first-order chi connectivity index (χ1) is 8.68. The van der Waals surface area contributed by atoms with Crippen LogP contribution in [0.2, 0.25) is 0 Å². The SMILES string of the molecule is CN1CCCCC1COC(=O)C1CCCCN1C. The van der Waals surface area contributed by atoms with E-state index in [9.17, 15) is 4.79 Å². The Balaban J connectivity index is 1.76. The molecule has 0 aliphatic carbocycles. The number of hydrogen-bond donors (Lipinski definition) is 0. The lowest BCUT2D eigenvalue weighted by Gasteiger charge is -2.34. The van der Waals surface area contributed by atoms with Gasteiger partial charge < -0.3 is 9.64 Å². The molecule has 0 aromatic heterocycles. The molecule has 4 nitrogen and oxygen atoms in total. The van der Waals surface area contributed by atoms with Crippen LogP contribution in [0.5, 0.6) is 0 Å². The van der Waals surface area contributed by atoms with Gasteiger partial charge in [-0.25, -0.2) is 0 Å². The molecule has 2 aliphatic rings. The van der Waals surface area contributed by atoms with Crippen LogP contribution in [0.1, 0.15) is 38.5 Å². The van der Waals surface area contributed by atoms with Gasteiger partial charge in [-0.3, -0.25) is 9.69 Å². The molecule has 0 amide bonds. The Morgan fingerprint density at radius 2 is 1.72 bits per heavy atom. The number of esters is 1. The maximum atomic E-state index is 12.1. The third-order valence-electron chi connectivity index (χ3n) is 4.38. The predicted octanol–water partition coefficient (Wildman–Crippen LogP) is 1.50. The fourth-order valence-electron chi connectivity index (χ4n) is 3.00. The first kappa shape index (κ1) is 13.8. The van der Waals surface area contributed by atoms with Crippen LogP contribution in [0.4, 0.5) is 0 Å². The van der Waals surface area contributed by atoms with Crippen LogP contribution in [0.15, 0.2) is 0 Å². The van der Waals surface area contributed by atoms with E-state index in [1.807, 2.05) is 7.05 Å². The molecule has 0 saturated carbocycles. The number of carbonyl (C=O) groups excluding carboxylic acids is 1. The van der Waals surface area contributed by atoms with Crippen LogP contribution in [-0.2, 0) is 9.53 Å². The van der Waals surface area contributed by atoms with Crippen molar-refractivity contribution >= 4 is 5.97 Å². The molecule has 0 N–H and O–H groups in total. The monoisotopic (exact) mass is 254 g/mol. The molecule has 2 saturated heterocycles. The molecule has 0 radical (unpaired) electrons. The molecular weight excluding hydrogens is 228 g/mol. The molecule has 0 spiro atoms. The molecule has 4 heteroatoms. The Bertz CT molecular complexity index is 283. The third-order valence-corrected chi connectivity index (χ3v) is 4.38. The highest BCUT2D eigenvalue weighted by Crippen LogP contribution is 2.18. The second-order valence-corrected chi connectivity index (χ2v) is 5.75. The molecule has 2 aliphatic heterocycles. The number of nitrogens with zero attached hydrogens (tertiary/aromatic N) is 2. The minimum absolute atomic E-state index is 0.00681. The van der Waals surface area contributed by atoms with Gasteiger partial charge in [-0.05, 0) is 52.9 Å². The lowest BCUT2D eigenvalue weighted by molar-refractivity contribution is -0.152. The average Bonchev–Trinajstić information content (AvgIpc) is 2.38. The maximum absolute atomic E-state index is 12.1. The minimum atomic E-state index is -0.0174. The van der Waals surface area contributed by atoms with Crippen molar-refractivity contribution in [3.05, 3.63) is 0 Å². The summed E-state index contributed by atoms with van der Waals surface area (Å²) in [4.78, 5) is 16.5. The molecule has 104 valence electrons. The highest BCUT2D eigenvalue weighted by molar-refractivity contribution is 5.75. The number of ether oxygens (including phenoxy) is 1. The number of likely N-dealkylation sites (tertiary alicyclic amines) is 2. The Hall–Kier alpha value is -0.610. The minimum Gasteiger partial charge on any atom is -0.463 e. The smallest absolute Gasteiger partial charge is 0.323 e. The fraction of sp³-hybridized carbons (Fsp3) is 0.929. The molecular formula is C14H26N2O2. The van der Waals surface area contributed by atoms with Crippen molar-refractivity contribution in [1.29, 1.82) is 0 Å². The van der Waals surface area contributed by atoms with Gasteiger partial charge in [0.05, 0.1) is 0 Å². The Labute approximate surface area is 110 Å². The second-order valence-electron chi connectivity index (χ2n) is 5.75. The topological polar surface area (TPSA) is 32.8 Å². The van der Waals surface area contributed by atoms with Crippen molar-refractivity contribution in [2.24, 2.45) is 0 Å². The van der Waals surface area contributed by atoms with E-state index in [0.717, 1.165) is 32.4 Å². The van der Waals surface area contributed by atoms with Gasteiger partial charge in [-0.15, -0.1) is 0 Å². The highest BCUT2D eigenvalue weighted by Gasteiger charge is 2.28. The summed E-state index contributed by atoms with van der Waals surface area (Å²) >= 11 is 0. The average molecular weight is 254 g/mol. The van der Waals surface area contributed by atoms with Gasteiger partial charge in [-0.1, -0.05) is 12.8 Å². The fourth-order valence-corrected chi connectivity index (χ4v) is 3.00. The summed E-state index contributed by atoms with van der Waals surface area (Å²) in [6.07, 6.45) is 6.99. The summed E-state index contributed by atoms with van der Waals surface area (Å²) in [6.45, 7) is 2.72. The molecule has 0 aromatic rings. The van der Waals surface area contributed by atoms with E-state index in [4.69, 9.17) is 4.74 Å². The molecule has 0 bridgehead atoms. The molecule has 2 fully saturated rings. The van der Waals surface area contributed by atoms with Crippen molar-refractivity contribution in [2.45, 2.75) is 50.6 Å². The normalized spacial score (nSPS) is 31.2. The van der Waals surface area contributed by atoms with Crippen molar-refractivity contribution in [3.63, 3.8) is 0 Å². The molecule has 0 aromatic carbocycles. The van der Waals surface area contributed by atoms with Crippen LogP contribution in [0.3, 0.4) is 0 Å². The molecule has 2 heterocycles. The van der Waals surface area contributed by atoms with Gasteiger partial charge in [0, 0.05) is 6.04 Å². The van der Waals surface area contributed by atoms with E-state index in [1.165, 1.54) is 19.3 Å². The van der Waals surface area contributed by atoms with Crippen molar-refractivity contribution in [2.75, 3.05) is 33.8 Å². The molecule has 18 heavy (non-hydrogen) atoms. The summed E-state index contributed by atoms with van der Waals surface area (Å²) in [7, 11) is 4.15. The molecule has 2 unspecified atom stereocenters. The van der Waals surface area contributed by atoms with E-state index in [1.54, 1.807) is 0 Å². The Morgan fingerprint density at radius 1 is 1.06 bits per heavy atom. The van der Waals surface area contributed by atoms with Crippen molar-refractivity contribution in [1.82, 2.24) is 9.80 Å². The standard InChI is InChI=1S/C14H26N2O2/c1-15-9-5-3-7-12(15)11-18-14(17)13-8-4-6-10-16(13)2/h12-13H,3-11H2,1-2H3. The third kappa shape index (κ3) is 3.45. The zero-order chi connectivity index (χ0) is 13.0. The highest BCUT2D eigenvalue weighted by atomic mass is 16.5. The quantitative estimate of drug-likeness (QED) is 0.715. The van der Waals surface area contributed by atoms with Crippen LogP contribution in [0.25, 0.3) is 0 Å². The number of likely N-dealkylation sites (N-methyl/N-ethyl adjacent to an activating group) is 2. The van der Waals surface area contributed by atoms with E-state index in [0.29, 0.717) is 12.6 Å². The number of piperidine rings is 2. The Morgan fingerprint density at radius 3 is 2.39 bits per heavy atom. The molecule has 2 rings (SSSR count). The van der Waals surface area contributed by atoms with E-state index in [2.05, 4.69) is 16.8 Å². The zero-order valence-electron chi connectivity index (χ0n) is 11.7. The predicted molar refractivity (Wildman–Crippen MR) is 71.5 cm³/mol. The van der Waals surface area contributed by atoms with Crippen molar-refractivity contribution < 1.29 is 9.53 Å². The largest absolute Gasteiger partial charge is 0.463 e. The summed E-state index contributed by atoms with van der Waals surface area (Å²) < 4.78 is 5.54. The number of hydrogen-bond acceptors (Lipinski definition) is 4. The summed E-state index contributed by atoms with van der Waals surface area (Å²) in [5.74, 6) is -0.0174. The molecule has 2 atom stereocenters. The lowest BCUT2D eigenvalue weighted by atomic mass is 10.0. The summed E-state index contributed by atoms with van der Waals surface area (Å²) in [6, 6.07) is 0.421. The first-order valence-corrected chi connectivity index (χ1v) is 7.25. The van der Waals surface area contributed by atoms with E-state index >= 15 is 0 Å². The van der Waals surface area contributed by atoms with E-state index < -0.39 is 0 Å². The van der Waals surface area contributed by atoms with Gasteiger partial charge in [0.25, 0.3) is 0 Å². The number of rotatable bonds is 3. The Kier molecular flexibility index (Phi) is 5.01. The number of carbonyl (C=O) groups is 1. The van der Waals surface area contributed by atoms with Gasteiger partial charge in [-0.2, -0.15) is 0 Å². The first-order valence-electron chi connectivity index (χ1n) is 7.25.